The summed E-state index contributed by atoms with van der Waals surface area (Å²) in [6.07, 6.45) is 0. The van der Waals surface area contributed by atoms with Gasteiger partial charge in [-0.15, -0.1) is 0 Å². The van der Waals surface area contributed by atoms with Crippen LogP contribution in [-0.4, -0.2) is 6.04 Å². The number of nitrogens with one attached hydrogen (secondary N) is 1. The van der Waals surface area contributed by atoms with E-state index >= 15 is 0 Å². The lowest BCUT2D eigenvalue weighted by Gasteiger charge is -2.25. The van der Waals surface area contributed by atoms with Gasteiger partial charge in [-0.2, -0.15) is 0 Å². The molecule has 0 aliphatic heterocycles. The highest BCUT2D eigenvalue weighted by Gasteiger charge is 2.67. The molecule has 1 atom stereocenters. The molecule has 0 radical (unpaired) electrons. The second-order valence-corrected chi connectivity index (χ2v) is 7.84. The van der Waals surface area contributed by atoms with Crippen molar-refractivity contribution in [2.24, 2.45) is 16.7 Å². The van der Waals surface area contributed by atoms with Crippen molar-refractivity contribution in [2.45, 2.75) is 60.5 Å². The van der Waals surface area contributed by atoms with Crippen LogP contribution in [0.2, 0.25) is 0 Å². The molecule has 1 fully saturated rings. The van der Waals surface area contributed by atoms with Gasteiger partial charge in [-0.1, -0.05) is 41.5 Å². The van der Waals surface area contributed by atoms with Crippen molar-refractivity contribution >= 4 is 0 Å². The maximum atomic E-state index is 14.3. The van der Waals surface area contributed by atoms with Gasteiger partial charge in [0.1, 0.15) is 11.6 Å². The van der Waals surface area contributed by atoms with Crippen LogP contribution in [0.3, 0.4) is 0 Å². The summed E-state index contributed by atoms with van der Waals surface area (Å²) in [5.74, 6) is -0.602. The molecule has 0 aromatic heterocycles. The van der Waals surface area contributed by atoms with E-state index in [1.807, 2.05) is 0 Å². The average molecular weight is 295 g/mol. The third-order valence-corrected chi connectivity index (χ3v) is 5.59. The normalized spacial score (nSPS) is 21.6. The quantitative estimate of drug-likeness (QED) is 0.824. The molecule has 0 heterocycles. The lowest BCUT2D eigenvalue weighted by Crippen LogP contribution is -2.32. The fourth-order valence-corrected chi connectivity index (χ4v) is 3.72. The summed E-state index contributed by atoms with van der Waals surface area (Å²) in [5.41, 5.74) is 1.35. The van der Waals surface area contributed by atoms with Crippen molar-refractivity contribution in [3.05, 3.63) is 34.9 Å². The van der Waals surface area contributed by atoms with Crippen molar-refractivity contribution in [3.8, 4) is 0 Å². The van der Waals surface area contributed by atoms with Crippen LogP contribution in [0, 0.1) is 35.3 Å². The first-order valence-corrected chi connectivity index (χ1v) is 7.71. The van der Waals surface area contributed by atoms with Gasteiger partial charge >= 0.3 is 0 Å². The van der Waals surface area contributed by atoms with Crippen molar-refractivity contribution in [1.82, 2.24) is 5.32 Å². The number of benzene rings is 1. The van der Waals surface area contributed by atoms with E-state index in [1.54, 1.807) is 13.0 Å². The molecule has 2 rings (SSSR count). The largest absolute Gasteiger partial charge is 0.307 e. The fraction of sp³-hybridized carbons (Fsp3) is 0.667. The topological polar surface area (TPSA) is 12.0 Å². The van der Waals surface area contributed by atoms with Crippen molar-refractivity contribution in [3.63, 3.8) is 0 Å². The Hall–Kier alpha value is -0.960. The van der Waals surface area contributed by atoms with Gasteiger partial charge in [0.15, 0.2) is 0 Å². The Bertz CT molecular complexity index is 532. The van der Waals surface area contributed by atoms with E-state index < -0.39 is 11.6 Å². The monoisotopic (exact) mass is 295 g/mol. The fourth-order valence-electron chi connectivity index (χ4n) is 3.72. The minimum Gasteiger partial charge on any atom is -0.307 e. The zero-order valence-electron chi connectivity index (χ0n) is 14.1. The highest BCUT2D eigenvalue weighted by molar-refractivity contribution is 5.32. The minimum absolute atomic E-state index is 0.0886. The van der Waals surface area contributed by atoms with Gasteiger partial charge in [-0.25, -0.2) is 8.78 Å². The number of halogens is 2. The number of aryl methyl sites for hydroxylation is 1. The summed E-state index contributed by atoms with van der Waals surface area (Å²) in [6, 6.07) is 2.83. The Balaban J connectivity index is 2.46. The summed E-state index contributed by atoms with van der Waals surface area (Å²) >= 11 is 0. The van der Waals surface area contributed by atoms with Crippen molar-refractivity contribution in [2.75, 3.05) is 0 Å². The van der Waals surface area contributed by atoms with Gasteiger partial charge in [0.25, 0.3) is 0 Å². The molecule has 1 aromatic rings. The van der Waals surface area contributed by atoms with E-state index in [2.05, 4.69) is 46.9 Å². The van der Waals surface area contributed by atoms with Gasteiger partial charge in [-0.3, -0.25) is 0 Å². The minimum atomic E-state index is -0.478. The van der Waals surface area contributed by atoms with Crippen LogP contribution in [0.4, 0.5) is 8.78 Å². The molecule has 1 nitrogen and oxygen atoms in total. The molecule has 1 aliphatic rings. The van der Waals surface area contributed by atoms with E-state index in [0.29, 0.717) is 17.0 Å². The summed E-state index contributed by atoms with van der Waals surface area (Å²) < 4.78 is 27.9. The van der Waals surface area contributed by atoms with Gasteiger partial charge < -0.3 is 5.32 Å². The molecule has 1 aliphatic carbocycles. The molecule has 0 spiro atoms. The van der Waals surface area contributed by atoms with Crippen LogP contribution < -0.4 is 5.32 Å². The van der Waals surface area contributed by atoms with Crippen LogP contribution in [0.25, 0.3) is 0 Å². The Kier molecular flexibility index (Phi) is 3.94. The van der Waals surface area contributed by atoms with Crippen LogP contribution >= 0.6 is 0 Å². The van der Waals surface area contributed by atoms with Crippen molar-refractivity contribution < 1.29 is 8.78 Å². The highest BCUT2D eigenvalue weighted by atomic mass is 19.1. The van der Waals surface area contributed by atoms with E-state index in [9.17, 15) is 8.78 Å². The standard InChI is InChI=1S/C18H27F2N/c1-10(2)21-15(16-17(4,5)18(16,6)7)12-8-11(3)13(19)9-14(12)20/h8-10,15-16,21H,1-7H3. The molecule has 0 bridgehead atoms. The van der Waals surface area contributed by atoms with Crippen LogP contribution in [0.5, 0.6) is 0 Å². The molecule has 1 unspecified atom stereocenters. The van der Waals surface area contributed by atoms with Gasteiger partial charge in [-0.05, 0) is 35.3 Å². The second kappa shape index (κ2) is 5.05. The number of rotatable bonds is 4. The second-order valence-electron chi connectivity index (χ2n) is 7.84. The predicted octanol–water partition coefficient (Wildman–Crippen LogP) is 4.99. The molecule has 0 amide bonds. The zero-order chi connectivity index (χ0) is 16.2. The molecule has 21 heavy (non-hydrogen) atoms. The average Bonchev–Trinajstić information content (AvgIpc) is 2.72. The summed E-state index contributed by atoms with van der Waals surface area (Å²) in [4.78, 5) is 0. The first-order chi connectivity index (χ1) is 9.50. The van der Waals surface area contributed by atoms with E-state index in [-0.39, 0.29) is 22.9 Å². The first kappa shape index (κ1) is 16.4. The molecular formula is C18H27F2N. The molecule has 1 N–H and O–H groups in total. The van der Waals surface area contributed by atoms with Crippen molar-refractivity contribution in [1.29, 1.82) is 0 Å². The smallest absolute Gasteiger partial charge is 0.130 e. The molecule has 1 aromatic carbocycles. The maximum Gasteiger partial charge on any atom is 0.130 e. The lowest BCUT2D eigenvalue weighted by molar-refractivity contribution is 0.368. The van der Waals surface area contributed by atoms with E-state index in [0.717, 1.165) is 6.07 Å². The Morgan fingerprint density at radius 2 is 1.52 bits per heavy atom. The van der Waals surface area contributed by atoms with Crippen LogP contribution in [-0.2, 0) is 0 Å². The Morgan fingerprint density at radius 1 is 1.00 bits per heavy atom. The third-order valence-electron chi connectivity index (χ3n) is 5.59. The van der Waals surface area contributed by atoms with E-state index in [4.69, 9.17) is 0 Å². The summed E-state index contributed by atoms with van der Waals surface area (Å²) in [6.45, 7) is 14.7. The molecule has 0 saturated heterocycles. The number of hydrogen-bond acceptors (Lipinski definition) is 1. The Labute approximate surface area is 127 Å². The third kappa shape index (κ3) is 2.61. The van der Waals surface area contributed by atoms with Gasteiger partial charge in [0.2, 0.25) is 0 Å². The Morgan fingerprint density at radius 3 is 1.95 bits per heavy atom. The molecule has 1 saturated carbocycles. The lowest BCUT2D eigenvalue weighted by atomic mass is 9.94. The summed E-state index contributed by atoms with van der Waals surface area (Å²) in [7, 11) is 0. The maximum absolute atomic E-state index is 14.3. The number of hydrogen-bond donors (Lipinski definition) is 1. The SMILES string of the molecule is Cc1cc(C(NC(C)C)C2C(C)(C)C2(C)C)c(F)cc1F. The van der Waals surface area contributed by atoms with Crippen LogP contribution in [0.1, 0.15) is 58.7 Å². The molecular weight excluding hydrogens is 268 g/mol. The first-order valence-electron chi connectivity index (χ1n) is 7.71. The van der Waals surface area contributed by atoms with Gasteiger partial charge in [0, 0.05) is 23.7 Å². The molecule has 3 heteroatoms. The van der Waals surface area contributed by atoms with E-state index in [1.165, 1.54) is 0 Å². The zero-order valence-corrected chi connectivity index (χ0v) is 14.1. The predicted molar refractivity (Wildman–Crippen MR) is 83.2 cm³/mol. The molecule has 118 valence electrons. The van der Waals surface area contributed by atoms with Crippen LogP contribution in [0.15, 0.2) is 12.1 Å². The van der Waals surface area contributed by atoms with Gasteiger partial charge in [0.05, 0.1) is 0 Å². The highest BCUT2D eigenvalue weighted by Crippen LogP contribution is 2.72. The summed E-state index contributed by atoms with van der Waals surface area (Å²) in [5, 5.41) is 3.49.